The molecule has 17 heavy (non-hydrogen) atoms. The van der Waals surface area contributed by atoms with Crippen molar-refractivity contribution in [2.45, 2.75) is 38.5 Å². The Morgan fingerprint density at radius 1 is 1.47 bits per heavy atom. The van der Waals surface area contributed by atoms with Gasteiger partial charge in [0.05, 0.1) is 12.0 Å². The lowest BCUT2D eigenvalue weighted by Gasteiger charge is -2.18. The van der Waals surface area contributed by atoms with Gasteiger partial charge >= 0.3 is 5.97 Å². The van der Waals surface area contributed by atoms with Gasteiger partial charge in [-0.1, -0.05) is 6.42 Å². The third-order valence-electron chi connectivity index (χ3n) is 4.29. The van der Waals surface area contributed by atoms with Crippen LogP contribution in [-0.2, 0) is 4.79 Å². The van der Waals surface area contributed by atoms with Crippen LogP contribution in [0.4, 0.5) is 0 Å². The Bertz CT molecular complexity index is 331. The third-order valence-corrected chi connectivity index (χ3v) is 4.29. The Morgan fingerprint density at radius 2 is 2.24 bits per heavy atom. The normalized spacial score (nSPS) is 29.8. The molecule has 0 radical (unpaired) electrons. The lowest BCUT2D eigenvalue weighted by molar-refractivity contribution is -0.142. The topological polar surface area (TPSA) is 73.1 Å². The highest BCUT2D eigenvalue weighted by Crippen LogP contribution is 2.47. The van der Waals surface area contributed by atoms with Crippen molar-refractivity contribution in [3.63, 3.8) is 0 Å². The smallest absolute Gasteiger partial charge is 0.306 e. The Kier molecular flexibility index (Phi) is 3.68. The summed E-state index contributed by atoms with van der Waals surface area (Å²) in [5.74, 6) is -0.522. The highest BCUT2D eigenvalue weighted by molar-refractivity contribution is 5.70. The maximum Gasteiger partial charge on any atom is 0.306 e. The summed E-state index contributed by atoms with van der Waals surface area (Å²) in [6.07, 6.45) is 5.79. The molecule has 2 rings (SSSR count). The zero-order chi connectivity index (χ0) is 12.3. The van der Waals surface area contributed by atoms with Gasteiger partial charge in [0.15, 0.2) is 0 Å². The fourth-order valence-electron chi connectivity index (χ4n) is 2.89. The van der Waals surface area contributed by atoms with Crippen molar-refractivity contribution >= 4 is 5.97 Å². The van der Waals surface area contributed by atoms with Crippen LogP contribution in [0.3, 0.4) is 0 Å². The summed E-state index contributed by atoms with van der Waals surface area (Å²) in [4.78, 5) is 11.0. The molecule has 2 aliphatic carbocycles. The highest BCUT2D eigenvalue weighted by atomic mass is 16.4. The number of nitrogens with zero attached hydrogens (tertiary/aromatic N) is 1. The summed E-state index contributed by atoms with van der Waals surface area (Å²) in [6, 6.07) is 2.24. The predicted molar refractivity (Wildman–Crippen MR) is 63.2 cm³/mol. The predicted octanol–water partition coefficient (Wildman–Crippen LogP) is 1.77. The zero-order valence-electron chi connectivity index (χ0n) is 10.1. The van der Waals surface area contributed by atoms with Crippen LogP contribution in [0.25, 0.3) is 0 Å². The monoisotopic (exact) mass is 236 g/mol. The van der Waals surface area contributed by atoms with Crippen molar-refractivity contribution in [2.24, 2.45) is 17.3 Å². The average Bonchev–Trinajstić information content (AvgIpc) is 2.88. The maximum absolute atomic E-state index is 11.0. The molecule has 0 amide bonds. The molecule has 0 heterocycles. The quantitative estimate of drug-likeness (QED) is 0.737. The van der Waals surface area contributed by atoms with E-state index in [4.69, 9.17) is 10.4 Å². The number of hydrogen-bond acceptors (Lipinski definition) is 3. The number of rotatable bonds is 6. The van der Waals surface area contributed by atoms with Crippen LogP contribution in [0.15, 0.2) is 0 Å². The Hall–Kier alpha value is -1.08. The number of nitrogens with one attached hydrogen (secondary N) is 1. The summed E-state index contributed by atoms with van der Waals surface area (Å²) in [5.41, 5.74) is 0.214. The molecule has 2 aliphatic rings. The molecule has 0 spiro atoms. The van der Waals surface area contributed by atoms with Gasteiger partial charge in [0.25, 0.3) is 0 Å². The number of carboxylic acids is 1. The van der Waals surface area contributed by atoms with E-state index in [9.17, 15) is 4.79 Å². The van der Waals surface area contributed by atoms with Crippen LogP contribution in [0.1, 0.15) is 38.5 Å². The van der Waals surface area contributed by atoms with Gasteiger partial charge in [0, 0.05) is 13.0 Å². The summed E-state index contributed by atoms with van der Waals surface area (Å²) in [7, 11) is 0. The minimum Gasteiger partial charge on any atom is -0.481 e. The molecule has 0 bridgehead atoms. The van der Waals surface area contributed by atoms with Crippen LogP contribution in [-0.4, -0.2) is 24.2 Å². The van der Waals surface area contributed by atoms with Crippen LogP contribution >= 0.6 is 0 Å². The van der Waals surface area contributed by atoms with Crippen molar-refractivity contribution in [3.8, 4) is 6.07 Å². The van der Waals surface area contributed by atoms with Crippen LogP contribution in [0.5, 0.6) is 0 Å². The first-order valence-corrected chi connectivity index (χ1v) is 6.47. The van der Waals surface area contributed by atoms with Gasteiger partial charge < -0.3 is 10.4 Å². The number of carboxylic acid groups (broad SMARTS) is 1. The van der Waals surface area contributed by atoms with Crippen molar-refractivity contribution < 1.29 is 9.90 Å². The minimum absolute atomic E-state index is 0.159. The molecule has 94 valence electrons. The molecular weight excluding hydrogens is 216 g/mol. The maximum atomic E-state index is 11.0. The summed E-state index contributed by atoms with van der Waals surface area (Å²) in [6.45, 7) is 1.67. The third kappa shape index (κ3) is 2.98. The molecule has 2 fully saturated rings. The number of aliphatic carboxylic acids is 1. The first-order valence-electron chi connectivity index (χ1n) is 6.47. The van der Waals surface area contributed by atoms with E-state index in [1.54, 1.807) is 0 Å². The molecular formula is C13H20N2O2. The molecule has 2 N–H and O–H groups in total. The zero-order valence-corrected chi connectivity index (χ0v) is 10.1. The average molecular weight is 236 g/mol. The van der Waals surface area contributed by atoms with Crippen LogP contribution in [0, 0.1) is 28.6 Å². The Balaban J connectivity index is 1.72. The highest BCUT2D eigenvalue weighted by Gasteiger charge is 2.42. The lowest BCUT2D eigenvalue weighted by atomic mass is 9.95. The van der Waals surface area contributed by atoms with E-state index in [1.807, 2.05) is 0 Å². The summed E-state index contributed by atoms with van der Waals surface area (Å²) < 4.78 is 0. The van der Waals surface area contributed by atoms with Gasteiger partial charge in [-0.3, -0.25) is 4.79 Å². The molecule has 2 unspecified atom stereocenters. The van der Waals surface area contributed by atoms with Gasteiger partial charge in [-0.15, -0.1) is 0 Å². The molecule has 4 heteroatoms. The number of carbonyl (C=O) groups is 1. The van der Waals surface area contributed by atoms with E-state index in [-0.39, 0.29) is 17.3 Å². The van der Waals surface area contributed by atoms with Crippen LogP contribution < -0.4 is 5.32 Å². The Labute approximate surface area is 102 Å². The van der Waals surface area contributed by atoms with Crippen LogP contribution in [0.2, 0.25) is 0 Å². The second-order valence-corrected chi connectivity index (χ2v) is 5.60. The second-order valence-electron chi connectivity index (χ2n) is 5.60. The fraction of sp³-hybridized carbons (Fsp3) is 0.846. The van der Waals surface area contributed by atoms with E-state index < -0.39 is 5.97 Å². The van der Waals surface area contributed by atoms with E-state index in [1.165, 1.54) is 0 Å². The second kappa shape index (κ2) is 5.05. The van der Waals surface area contributed by atoms with Gasteiger partial charge in [-0.2, -0.15) is 5.26 Å². The van der Waals surface area contributed by atoms with Gasteiger partial charge in [0.1, 0.15) is 0 Å². The van der Waals surface area contributed by atoms with E-state index in [2.05, 4.69) is 11.4 Å². The SMILES string of the molecule is N#CCC1(CNCC2CCCC2C(=O)O)CC1. The largest absolute Gasteiger partial charge is 0.481 e. The number of hydrogen-bond donors (Lipinski definition) is 2. The minimum atomic E-state index is -0.646. The lowest BCUT2D eigenvalue weighted by Crippen LogP contribution is -2.32. The fourth-order valence-corrected chi connectivity index (χ4v) is 2.89. The first kappa shape index (κ1) is 12.4. The molecule has 0 aromatic carbocycles. The van der Waals surface area contributed by atoms with E-state index in [0.717, 1.165) is 45.2 Å². The molecule has 2 saturated carbocycles. The van der Waals surface area contributed by atoms with Crippen molar-refractivity contribution in [2.75, 3.05) is 13.1 Å². The van der Waals surface area contributed by atoms with E-state index >= 15 is 0 Å². The number of nitriles is 1. The van der Waals surface area contributed by atoms with Gasteiger partial charge in [-0.05, 0) is 43.6 Å². The standard InChI is InChI=1S/C13H20N2O2/c14-7-6-13(4-5-13)9-15-8-10-2-1-3-11(10)12(16)17/h10-11,15H,1-6,8-9H2,(H,16,17). The molecule has 0 saturated heterocycles. The molecule has 0 aromatic rings. The van der Waals surface area contributed by atoms with Gasteiger partial charge in [-0.25, -0.2) is 0 Å². The van der Waals surface area contributed by atoms with Gasteiger partial charge in [0.2, 0.25) is 0 Å². The molecule has 4 nitrogen and oxygen atoms in total. The first-order chi connectivity index (χ1) is 8.17. The molecule has 0 aliphatic heterocycles. The van der Waals surface area contributed by atoms with Crippen molar-refractivity contribution in [1.29, 1.82) is 5.26 Å². The molecule has 0 aromatic heterocycles. The van der Waals surface area contributed by atoms with Crippen molar-refractivity contribution in [3.05, 3.63) is 0 Å². The Morgan fingerprint density at radius 3 is 2.82 bits per heavy atom. The van der Waals surface area contributed by atoms with Crippen molar-refractivity contribution in [1.82, 2.24) is 5.32 Å². The molecule has 2 atom stereocenters. The summed E-state index contributed by atoms with van der Waals surface area (Å²) >= 11 is 0. The van der Waals surface area contributed by atoms with E-state index in [0.29, 0.717) is 6.42 Å². The summed E-state index contributed by atoms with van der Waals surface area (Å²) in [5, 5.41) is 21.2.